The number of aromatic amines is 1. The van der Waals surface area contributed by atoms with E-state index in [4.69, 9.17) is 0 Å². The number of aromatic nitrogens is 1. The standard InChI is InChI=1S/C20H25N.BrH/c1-19(2,3)13-7-9-15-16-10-8-14(20(4,5)6)12-18(16)21-17(15)11-13;/h7-12,21H,1-6H3;1H. The number of halogens is 1. The van der Waals surface area contributed by atoms with Crippen LogP contribution in [0.3, 0.4) is 0 Å². The maximum absolute atomic E-state index is 3.60. The van der Waals surface area contributed by atoms with E-state index in [1.165, 1.54) is 32.9 Å². The molecular weight excluding hydrogens is 334 g/mol. The van der Waals surface area contributed by atoms with Crippen molar-refractivity contribution in [2.24, 2.45) is 0 Å². The van der Waals surface area contributed by atoms with Crippen LogP contribution in [0.5, 0.6) is 0 Å². The average molecular weight is 360 g/mol. The molecule has 0 fully saturated rings. The maximum Gasteiger partial charge on any atom is 0.0467 e. The van der Waals surface area contributed by atoms with E-state index in [-0.39, 0.29) is 27.8 Å². The first-order valence-corrected chi connectivity index (χ1v) is 7.73. The van der Waals surface area contributed by atoms with Crippen molar-refractivity contribution in [3.63, 3.8) is 0 Å². The highest BCUT2D eigenvalue weighted by molar-refractivity contribution is 8.93. The third kappa shape index (κ3) is 2.94. The van der Waals surface area contributed by atoms with Crippen molar-refractivity contribution in [1.29, 1.82) is 0 Å². The summed E-state index contributed by atoms with van der Waals surface area (Å²) in [6.07, 6.45) is 0. The Morgan fingerprint density at radius 1 is 0.636 bits per heavy atom. The number of rotatable bonds is 0. The molecule has 0 bridgehead atoms. The monoisotopic (exact) mass is 359 g/mol. The molecule has 0 saturated heterocycles. The largest absolute Gasteiger partial charge is 0.354 e. The number of fused-ring (bicyclic) bond motifs is 3. The molecule has 0 spiro atoms. The van der Waals surface area contributed by atoms with Crippen molar-refractivity contribution in [3.8, 4) is 0 Å². The molecule has 3 rings (SSSR count). The number of hydrogen-bond acceptors (Lipinski definition) is 0. The summed E-state index contributed by atoms with van der Waals surface area (Å²) in [6, 6.07) is 13.6. The van der Waals surface area contributed by atoms with Crippen LogP contribution in [0.2, 0.25) is 0 Å². The fourth-order valence-electron chi connectivity index (χ4n) is 2.84. The fraction of sp³-hybridized carbons (Fsp3) is 0.400. The topological polar surface area (TPSA) is 15.8 Å². The Hall–Kier alpha value is -1.28. The van der Waals surface area contributed by atoms with E-state index >= 15 is 0 Å². The van der Waals surface area contributed by atoms with Crippen LogP contribution >= 0.6 is 17.0 Å². The van der Waals surface area contributed by atoms with Gasteiger partial charge in [0.1, 0.15) is 0 Å². The third-order valence-corrected chi connectivity index (χ3v) is 4.33. The summed E-state index contributed by atoms with van der Waals surface area (Å²) in [5.74, 6) is 0. The molecule has 0 radical (unpaired) electrons. The Morgan fingerprint density at radius 3 is 1.32 bits per heavy atom. The molecule has 1 heterocycles. The summed E-state index contributed by atoms with van der Waals surface area (Å²) < 4.78 is 0. The second kappa shape index (κ2) is 5.42. The van der Waals surface area contributed by atoms with E-state index in [0.717, 1.165) is 0 Å². The first-order chi connectivity index (χ1) is 9.66. The lowest BCUT2D eigenvalue weighted by molar-refractivity contribution is 0.591. The van der Waals surface area contributed by atoms with Gasteiger partial charge in [-0.25, -0.2) is 0 Å². The third-order valence-electron chi connectivity index (χ3n) is 4.33. The normalized spacial score (nSPS) is 12.6. The van der Waals surface area contributed by atoms with Crippen molar-refractivity contribution in [1.82, 2.24) is 4.98 Å². The van der Waals surface area contributed by atoms with E-state index in [1.807, 2.05) is 0 Å². The first-order valence-electron chi connectivity index (χ1n) is 7.73. The second-order valence-electron chi connectivity index (χ2n) is 8.15. The predicted octanol–water partition coefficient (Wildman–Crippen LogP) is 6.49. The van der Waals surface area contributed by atoms with E-state index < -0.39 is 0 Å². The Balaban J connectivity index is 0.00000176. The number of H-pyrrole nitrogens is 1. The summed E-state index contributed by atoms with van der Waals surface area (Å²) in [7, 11) is 0. The van der Waals surface area contributed by atoms with Gasteiger partial charge in [0.25, 0.3) is 0 Å². The summed E-state index contributed by atoms with van der Waals surface area (Å²) >= 11 is 0. The molecule has 0 saturated carbocycles. The zero-order valence-electron chi connectivity index (χ0n) is 14.4. The van der Waals surface area contributed by atoms with Gasteiger partial charge in [0.2, 0.25) is 0 Å². The van der Waals surface area contributed by atoms with Crippen LogP contribution in [0.1, 0.15) is 52.7 Å². The molecule has 0 amide bonds. The fourth-order valence-corrected chi connectivity index (χ4v) is 2.84. The van der Waals surface area contributed by atoms with Crippen LogP contribution in [-0.4, -0.2) is 4.98 Å². The zero-order chi connectivity index (χ0) is 15.4. The number of nitrogens with one attached hydrogen (secondary N) is 1. The van der Waals surface area contributed by atoms with Crippen molar-refractivity contribution in [2.75, 3.05) is 0 Å². The van der Waals surface area contributed by atoms with Gasteiger partial charge < -0.3 is 4.98 Å². The van der Waals surface area contributed by atoms with Crippen molar-refractivity contribution >= 4 is 38.8 Å². The molecule has 3 aromatic rings. The summed E-state index contributed by atoms with van der Waals surface area (Å²) in [5.41, 5.74) is 5.59. The van der Waals surface area contributed by atoms with E-state index in [2.05, 4.69) is 82.9 Å². The van der Waals surface area contributed by atoms with Crippen LogP contribution < -0.4 is 0 Å². The first kappa shape index (κ1) is 17.1. The Morgan fingerprint density at radius 2 is 1.00 bits per heavy atom. The van der Waals surface area contributed by atoms with Gasteiger partial charge in [-0.3, -0.25) is 0 Å². The van der Waals surface area contributed by atoms with Gasteiger partial charge in [0.05, 0.1) is 0 Å². The predicted molar refractivity (Wildman–Crippen MR) is 104 cm³/mol. The van der Waals surface area contributed by atoms with Crippen LogP contribution in [0.25, 0.3) is 21.8 Å². The van der Waals surface area contributed by atoms with E-state index in [0.29, 0.717) is 0 Å². The maximum atomic E-state index is 3.60. The molecule has 1 nitrogen and oxygen atoms in total. The minimum atomic E-state index is 0. The second-order valence-corrected chi connectivity index (χ2v) is 8.15. The average Bonchev–Trinajstić information content (AvgIpc) is 2.73. The van der Waals surface area contributed by atoms with Gasteiger partial charge in [0, 0.05) is 21.8 Å². The Labute approximate surface area is 143 Å². The minimum Gasteiger partial charge on any atom is -0.354 e. The smallest absolute Gasteiger partial charge is 0.0467 e. The van der Waals surface area contributed by atoms with Crippen molar-refractivity contribution in [3.05, 3.63) is 47.5 Å². The van der Waals surface area contributed by atoms with E-state index in [9.17, 15) is 0 Å². The van der Waals surface area contributed by atoms with Crippen LogP contribution in [0.4, 0.5) is 0 Å². The van der Waals surface area contributed by atoms with Crippen LogP contribution in [-0.2, 0) is 10.8 Å². The lowest BCUT2D eigenvalue weighted by Crippen LogP contribution is -2.10. The van der Waals surface area contributed by atoms with Gasteiger partial charge >= 0.3 is 0 Å². The zero-order valence-corrected chi connectivity index (χ0v) is 16.1. The lowest BCUT2D eigenvalue weighted by atomic mass is 9.86. The molecule has 1 aromatic heterocycles. The summed E-state index contributed by atoms with van der Waals surface area (Å²) in [5, 5.41) is 2.64. The molecule has 2 heteroatoms. The van der Waals surface area contributed by atoms with Gasteiger partial charge in [-0.2, -0.15) is 0 Å². The number of benzene rings is 2. The van der Waals surface area contributed by atoms with Crippen molar-refractivity contribution < 1.29 is 0 Å². The molecule has 2 aromatic carbocycles. The minimum absolute atomic E-state index is 0. The quantitative estimate of drug-likeness (QED) is 0.471. The van der Waals surface area contributed by atoms with Gasteiger partial charge in [-0.15, -0.1) is 17.0 Å². The summed E-state index contributed by atoms with van der Waals surface area (Å²) in [4.78, 5) is 3.60. The molecule has 118 valence electrons. The summed E-state index contributed by atoms with van der Waals surface area (Å²) in [6.45, 7) is 13.6. The molecule has 1 N–H and O–H groups in total. The Bertz CT molecular complexity index is 745. The Kier molecular flexibility index (Phi) is 4.20. The molecule has 0 aliphatic carbocycles. The van der Waals surface area contributed by atoms with Gasteiger partial charge in [-0.1, -0.05) is 65.8 Å². The molecule has 0 aliphatic rings. The molecular formula is C20H26BrN. The highest BCUT2D eigenvalue weighted by atomic mass is 79.9. The molecule has 22 heavy (non-hydrogen) atoms. The lowest BCUT2D eigenvalue weighted by Gasteiger charge is -2.18. The van der Waals surface area contributed by atoms with Crippen LogP contribution in [0, 0.1) is 0 Å². The van der Waals surface area contributed by atoms with Crippen molar-refractivity contribution in [2.45, 2.75) is 52.4 Å². The number of hydrogen-bond donors (Lipinski definition) is 1. The molecule has 0 unspecified atom stereocenters. The highest BCUT2D eigenvalue weighted by Crippen LogP contribution is 2.32. The van der Waals surface area contributed by atoms with Gasteiger partial charge in [0.15, 0.2) is 0 Å². The SMILES string of the molecule is Br.CC(C)(C)c1ccc2c(c1)[nH]c1cc(C(C)(C)C)ccc12. The van der Waals surface area contributed by atoms with Gasteiger partial charge in [-0.05, 0) is 34.1 Å². The molecule has 0 aliphatic heterocycles. The van der Waals surface area contributed by atoms with Crippen LogP contribution in [0.15, 0.2) is 36.4 Å². The highest BCUT2D eigenvalue weighted by Gasteiger charge is 2.17. The van der Waals surface area contributed by atoms with E-state index in [1.54, 1.807) is 0 Å². The molecule has 0 atom stereocenters.